The average molecular weight is 194 g/mol. The fourth-order valence-corrected chi connectivity index (χ4v) is 1.34. The van der Waals surface area contributed by atoms with E-state index in [1.807, 2.05) is 0 Å². The molecule has 2 rings (SSSR count). The number of nitrogens with one attached hydrogen (secondary N) is 1. The summed E-state index contributed by atoms with van der Waals surface area (Å²) in [5.41, 5.74) is 1.17. The number of carbonyl (C=O) groups is 1. The molecule has 14 heavy (non-hydrogen) atoms. The van der Waals surface area contributed by atoms with Crippen molar-refractivity contribution in [2.75, 3.05) is 0 Å². The number of H-pyrrole nitrogens is 1. The topological polar surface area (TPSA) is 66.0 Å². The molecule has 5 heteroatoms. The van der Waals surface area contributed by atoms with Crippen LogP contribution in [0, 0.1) is 5.82 Å². The summed E-state index contributed by atoms with van der Waals surface area (Å²) in [6, 6.07) is 2.77. The minimum Gasteiger partial charge on any atom is -0.481 e. The molecule has 1 aromatic carbocycles. The number of hydrogen-bond acceptors (Lipinski definition) is 2. The van der Waals surface area contributed by atoms with Crippen molar-refractivity contribution >= 4 is 17.0 Å². The third kappa shape index (κ3) is 1.44. The van der Waals surface area contributed by atoms with E-state index >= 15 is 0 Å². The van der Waals surface area contributed by atoms with E-state index in [2.05, 4.69) is 9.97 Å². The third-order valence-corrected chi connectivity index (χ3v) is 1.89. The molecule has 4 nitrogen and oxygen atoms in total. The van der Waals surface area contributed by atoms with Crippen molar-refractivity contribution in [1.82, 2.24) is 9.97 Å². The number of halogens is 1. The summed E-state index contributed by atoms with van der Waals surface area (Å²) >= 11 is 0. The zero-order chi connectivity index (χ0) is 10.1. The monoisotopic (exact) mass is 194 g/mol. The summed E-state index contributed by atoms with van der Waals surface area (Å²) in [6.07, 6.45) is 1.18. The summed E-state index contributed by atoms with van der Waals surface area (Å²) in [7, 11) is 0. The van der Waals surface area contributed by atoms with Gasteiger partial charge in [0.25, 0.3) is 0 Å². The molecule has 1 aromatic heterocycles. The number of aromatic amines is 1. The highest BCUT2D eigenvalue weighted by Crippen LogP contribution is 2.16. The summed E-state index contributed by atoms with van der Waals surface area (Å²) < 4.78 is 13.3. The molecule has 1 heterocycles. The highest BCUT2D eigenvalue weighted by Gasteiger charge is 2.08. The maximum Gasteiger partial charge on any atom is 0.307 e. The molecule has 2 aromatic rings. The summed E-state index contributed by atoms with van der Waals surface area (Å²) in [5.74, 6) is -1.48. The van der Waals surface area contributed by atoms with Crippen molar-refractivity contribution in [2.24, 2.45) is 0 Å². The van der Waals surface area contributed by atoms with Crippen LogP contribution in [0.15, 0.2) is 18.5 Å². The van der Waals surface area contributed by atoms with Gasteiger partial charge >= 0.3 is 5.97 Å². The molecule has 0 fully saturated rings. The Kier molecular flexibility index (Phi) is 1.92. The second-order valence-electron chi connectivity index (χ2n) is 2.95. The second kappa shape index (κ2) is 3.10. The third-order valence-electron chi connectivity index (χ3n) is 1.89. The molecular weight excluding hydrogens is 187 g/mol. The van der Waals surface area contributed by atoms with Gasteiger partial charge in [0.1, 0.15) is 5.52 Å². The van der Waals surface area contributed by atoms with E-state index in [1.165, 1.54) is 12.4 Å². The van der Waals surface area contributed by atoms with Crippen LogP contribution < -0.4 is 0 Å². The molecule has 0 bridgehead atoms. The molecule has 0 unspecified atom stereocenters. The van der Waals surface area contributed by atoms with Crippen molar-refractivity contribution in [3.8, 4) is 0 Å². The van der Waals surface area contributed by atoms with Crippen LogP contribution in [-0.2, 0) is 11.2 Å². The molecule has 0 aliphatic heterocycles. The van der Waals surface area contributed by atoms with Gasteiger partial charge in [-0.1, -0.05) is 0 Å². The molecule has 0 aliphatic carbocycles. The SMILES string of the molecule is O=C(O)Cc1cc(F)c2nc[nH]c2c1. The minimum atomic E-state index is -0.983. The quantitative estimate of drug-likeness (QED) is 0.757. The number of carboxylic acids is 1. The van der Waals surface area contributed by atoms with Crippen molar-refractivity contribution in [2.45, 2.75) is 6.42 Å². The molecular formula is C9H7FN2O2. The van der Waals surface area contributed by atoms with Crippen LogP contribution in [0.25, 0.3) is 11.0 Å². The van der Waals surface area contributed by atoms with Gasteiger partial charge in [-0.05, 0) is 17.7 Å². The lowest BCUT2D eigenvalue weighted by Crippen LogP contribution is -2.00. The molecule has 0 amide bonds. The van der Waals surface area contributed by atoms with E-state index in [4.69, 9.17) is 5.11 Å². The maximum absolute atomic E-state index is 13.3. The fourth-order valence-electron chi connectivity index (χ4n) is 1.34. The van der Waals surface area contributed by atoms with Gasteiger partial charge in [0.15, 0.2) is 5.82 Å². The van der Waals surface area contributed by atoms with Crippen molar-refractivity contribution in [1.29, 1.82) is 0 Å². The Morgan fingerprint density at radius 1 is 1.57 bits per heavy atom. The summed E-state index contributed by atoms with van der Waals surface area (Å²) in [6.45, 7) is 0. The molecule has 0 aliphatic rings. The average Bonchev–Trinajstić information content (AvgIpc) is 2.50. The van der Waals surface area contributed by atoms with Crippen LogP contribution in [0.4, 0.5) is 4.39 Å². The van der Waals surface area contributed by atoms with Crippen LogP contribution in [0.1, 0.15) is 5.56 Å². The molecule has 2 N–H and O–H groups in total. The zero-order valence-electron chi connectivity index (χ0n) is 7.12. The number of aromatic nitrogens is 2. The van der Waals surface area contributed by atoms with Crippen molar-refractivity contribution < 1.29 is 14.3 Å². The van der Waals surface area contributed by atoms with Gasteiger partial charge in [0.2, 0.25) is 0 Å². The summed E-state index contributed by atoms with van der Waals surface area (Å²) in [4.78, 5) is 16.9. The Hall–Kier alpha value is -1.91. The predicted molar refractivity (Wildman–Crippen MR) is 47.4 cm³/mol. The number of benzene rings is 1. The van der Waals surface area contributed by atoms with E-state index in [0.717, 1.165) is 0 Å². The number of imidazole rings is 1. The molecule has 0 atom stereocenters. The zero-order valence-corrected chi connectivity index (χ0v) is 7.12. The number of fused-ring (bicyclic) bond motifs is 1. The lowest BCUT2D eigenvalue weighted by atomic mass is 10.1. The number of aliphatic carboxylic acids is 1. The van der Waals surface area contributed by atoms with E-state index in [1.54, 1.807) is 6.07 Å². The van der Waals surface area contributed by atoms with E-state index < -0.39 is 11.8 Å². The Balaban J connectivity index is 2.53. The predicted octanol–water partition coefficient (Wildman–Crippen LogP) is 1.33. The number of hydrogen-bond donors (Lipinski definition) is 2. The van der Waals surface area contributed by atoms with Gasteiger partial charge in [-0.3, -0.25) is 4.79 Å². The van der Waals surface area contributed by atoms with Crippen LogP contribution in [0.3, 0.4) is 0 Å². The van der Waals surface area contributed by atoms with Gasteiger partial charge in [-0.25, -0.2) is 9.37 Å². The normalized spacial score (nSPS) is 10.6. The van der Waals surface area contributed by atoms with Crippen LogP contribution >= 0.6 is 0 Å². The first-order valence-electron chi connectivity index (χ1n) is 4.00. The van der Waals surface area contributed by atoms with Crippen LogP contribution in [0.5, 0.6) is 0 Å². The second-order valence-corrected chi connectivity index (χ2v) is 2.95. The summed E-state index contributed by atoms with van der Waals surface area (Å²) in [5, 5.41) is 8.53. The maximum atomic E-state index is 13.3. The number of nitrogens with zero attached hydrogens (tertiary/aromatic N) is 1. The van der Waals surface area contributed by atoms with Crippen LogP contribution in [-0.4, -0.2) is 21.0 Å². The first-order chi connectivity index (χ1) is 6.66. The lowest BCUT2D eigenvalue weighted by molar-refractivity contribution is -0.136. The van der Waals surface area contributed by atoms with E-state index in [9.17, 15) is 9.18 Å². The van der Waals surface area contributed by atoms with Gasteiger partial charge in [-0.2, -0.15) is 0 Å². The van der Waals surface area contributed by atoms with Gasteiger partial charge in [0, 0.05) is 0 Å². The van der Waals surface area contributed by atoms with Crippen molar-refractivity contribution in [3.05, 3.63) is 29.8 Å². The highest BCUT2D eigenvalue weighted by atomic mass is 19.1. The minimum absolute atomic E-state index is 0.189. The Bertz CT molecular complexity index is 493. The highest BCUT2D eigenvalue weighted by molar-refractivity contribution is 5.78. The molecule has 0 spiro atoms. The van der Waals surface area contributed by atoms with E-state index in [-0.39, 0.29) is 11.9 Å². The molecule has 0 saturated heterocycles. The largest absolute Gasteiger partial charge is 0.481 e. The van der Waals surface area contributed by atoms with Gasteiger partial charge in [0.05, 0.1) is 18.3 Å². The van der Waals surface area contributed by atoms with Gasteiger partial charge < -0.3 is 10.1 Å². The van der Waals surface area contributed by atoms with Crippen molar-refractivity contribution in [3.63, 3.8) is 0 Å². The Morgan fingerprint density at radius 3 is 3.07 bits per heavy atom. The number of rotatable bonds is 2. The Labute approximate surface area is 78.4 Å². The number of carboxylic acid groups (broad SMARTS) is 1. The molecule has 0 radical (unpaired) electrons. The standard InChI is InChI=1S/C9H7FN2O2/c10-6-1-5(3-8(13)14)2-7-9(6)12-4-11-7/h1-2,4H,3H2,(H,11,12)(H,13,14). The fraction of sp³-hybridized carbons (Fsp3) is 0.111. The first kappa shape index (κ1) is 8.68. The van der Waals surface area contributed by atoms with Crippen LogP contribution in [0.2, 0.25) is 0 Å². The molecule has 0 saturated carbocycles. The first-order valence-corrected chi connectivity index (χ1v) is 4.00. The van der Waals surface area contributed by atoms with E-state index in [0.29, 0.717) is 11.1 Å². The Morgan fingerprint density at radius 2 is 2.36 bits per heavy atom. The lowest BCUT2D eigenvalue weighted by Gasteiger charge is -1.97. The van der Waals surface area contributed by atoms with Gasteiger partial charge in [-0.15, -0.1) is 0 Å². The smallest absolute Gasteiger partial charge is 0.307 e. The molecule has 72 valence electrons.